The zero-order chi connectivity index (χ0) is 17.7. The Bertz CT molecular complexity index is 732. The summed E-state index contributed by atoms with van der Waals surface area (Å²) in [4.78, 5) is 23.1. The monoisotopic (exact) mass is 336 g/mol. The summed E-state index contributed by atoms with van der Waals surface area (Å²) in [6.45, 7) is 5.75. The molecule has 0 bridgehead atoms. The van der Waals surface area contributed by atoms with Crippen molar-refractivity contribution in [2.75, 3.05) is 20.3 Å². The van der Waals surface area contributed by atoms with Gasteiger partial charge in [0.15, 0.2) is 5.58 Å². The Morgan fingerprint density at radius 1 is 1.29 bits per heavy atom. The number of esters is 1. The minimum absolute atomic E-state index is 0.170. The molecule has 24 heavy (non-hydrogen) atoms. The second kappa shape index (κ2) is 7.20. The van der Waals surface area contributed by atoms with Gasteiger partial charge in [0.25, 0.3) is 5.88 Å². The molecule has 1 amide bonds. The van der Waals surface area contributed by atoms with Gasteiger partial charge in [0.2, 0.25) is 0 Å². The molecule has 1 aromatic heterocycles. The normalized spacial score (nSPS) is 11.2. The number of carbonyl (C=O) groups is 2. The van der Waals surface area contributed by atoms with Gasteiger partial charge in [-0.25, -0.2) is 9.59 Å². The Labute approximate surface area is 139 Å². The summed E-state index contributed by atoms with van der Waals surface area (Å²) in [6.07, 6.45) is -0.524. The highest BCUT2D eigenvalue weighted by molar-refractivity contribution is 5.95. The topological polar surface area (TPSA) is 99.9 Å². The number of methoxy groups -OCH3 is 1. The van der Waals surface area contributed by atoms with Gasteiger partial charge in [-0.2, -0.15) is 0 Å². The molecule has 0 saturated heterocycles. The number of benzene rings is 1. The summed E-state index contributed by atoms with van der Waals surface area (Å²) in [6, 6.07) is 4.77. The number of amides is 1. The van der Waals surface area contributed by atoms with Gasteiger partial charge in [-0.15, -0.1) is 0 Å². The van der Waals surface area contributed by atoms with Crippen molar-refractivity contribution in [1.82, 2.24) is 10.5 Å². The van der Waals surface area contributed by atoms with E-state index in [1.54, 1.807) is 39.0 Å². The molecule has 0 aliphatic carbocycles. The van der Waals surface area contributed by atoms with E-state index in [9.17, 15) is 9.59 Å². The Balaban J connectivity index is 1.93. The average molecular weight is 336 g/mol. The van der Waals surface area contributed by atoms with Gasteiger partial charge in [0, 0.05) is 0 Å². The molecule has 0 unspecified atom stereocenters. The molecule has 0 aliphatic heterocycles. The van der Waals surface area contributed by atoms with E-state index in [2.05, 4.69) is 15.2 Å². The van der Waals surface area contributed by atoms with E-state index in [0.29, 0.717) is 16.5 Å². The maximum atomic E-state index is 11.6. The van der Waals surface area contributed by atoms with Gasteiger partial charge in [-0.05, 0) is 44.1 Å². The molecule has 0 spiro atoms. The van der Waals surface area contributed by atoms with Crippen LogP contribution in [-0.4, -0.2) is 43.1 Å². The first-order valence-electron chi connectivity index (χ1n) is 7.37. The third-order valence-corrected chi connectivity index (χ3v) is 2.87. The number of nitrogens with zero attached hydrogens (tertiary/aromatic N) is 1. The first kappa shape index (κ1) is 17.6. The molecule has 0 aliphatic rings. The number of alkyl carbamates (subject to hydrolysis) is 1. The van der Waals surface area contributed by atoms with E-state index >= 15 is 0 Å². The average Bonchev–Trinajstić information content (AvgIpc) is 2.91. The smallest absolute Gasteiger partial charge is 0.407 e. The quantitative estimate of drug-likeness (QED) is 0.661. The lowest BCUT2D eigenvalue weighted by molar-refractivity contribution is 0.0518. The van der Waals surface area contributed by atoms with E-state index in [1.165, 1.54) is 7.11 Å². The van der Waals surface area contributed by atoms with Gasteiger partial charge in [0.05, 0.1) is 24.6 Å². The number of aromatic nitrogens is 1. The van der Waals surface area contributed by atoms with E-state index in [0.717, 1.165) is 0 Å². The minimum Gasteiger partial charge on any atom is -0.473 e. The molecule has 8 heteroatoms. The Morgan fingerprint density at radius 2 is 2.04 bits per heavy atom. The number of rotatable bonds is 5. The molecule has 2 aromatic rings. The van der Waals surface area contributed by atoms with Crippen LogP contribution in [0.25, 0.3) is 11.0 Å². The molecular weight excluding hydrogens is 316 g/mol. The van der Waals surface area contributed by atoms with Crippen LogP contribution in [0.3, 0.4) is 0 Å². The number of nitrogens with one attached hydrogen (secondary N) is 1. The number of hydrogen-bond acceptors (Lipinski definition) is 7. The molecule has 8 nitrogen and oxygen atoms in total. The van der Waals surface area contributed by atoms with Crippen LogP contribution in [0.4, 0.5) is 4.79 Å². The maximum absolute atomic E-state index is 11.6. The lowest BCUT2D eigenvalue weighted by Crippen LogP contribution is -2.34. The maximum Gasteiger partial charge on any atom is 0.407 e. The summed E-state index contributed by atoms with van der Waals surface area (Å²) in [5, 5.41) is 6.93. The number of ether oxygens (including phenoxy) is 3. The van der Waals surface area contributed by atoms with Crippen LogP contribution < -0.4 is 10.1 Å². The second-order valence-electron chi connectivity index (χ2n) is 5.97. The van der Waals surface area contributed by atoms with Gasteiger partial charge in [-0.1, -0.05) is 0 Å². The van der Waals surface area contributed by atoms with E-state index in [-0.39, 0.29) is 19.0 Å². The lowest BCUT2D eigenvalue weighted by Gasteiger charge is -2.19. The van der Waals surface area contributed by atoms with Crippen molar-refractivity contribution in [3.8, 4) is 5.88 Å². The highest BCUT2D eigenvalue weighted by Crippen LogP contribution is 2.26. The fourth-order valence-corrected chi connectivity index (χ4v) is 1.88. The van der Waals surface area contributed by atoms with Crippen molar-refractivity contribution in [1.29, 1.82) is 0 Å². The third kappa shape index (κ3) is 4.61. The summed E-state index contributed by atoms with van der Waals surface area (Å²) < 4.78 is 20.4. The van der Waals surface area contributed by atoms with Crippen LogP contribution in [0.5, 0.6) is 5.88 Å². The van der Waals surface area contributed by atoms with Crippen molar-refractivity contribution in [3.05, 3.63) is 23.8 Å². The summed E-state index contributed by atoms with van der Waals surface area (Å²) >= 11 is 0. The molecule has 2 rings (SSSR count). The Hall–Kier alpha value is -2.77. The minimum atomic E-state index is -0.558. The Kier molecular flexibility index (Phi) is 5.28. The molecule has 0 saturated carbocycles. The summed E-state index contributed by atoms with van der Waals surface area (Å²) in [5.74, 6) is -0.225. The number of hydrogen-bond donors (Lipinski definition) is 1. The zero-order valence-electron chi connectivity index (χ0n) is 14.0. The molecule has 0 radical (unpaired) electrons. The second-order valence-corrected chi connectivity index (χ2v) is 5.97. The molecule has 0 fully saturated rings. The largest absolute Gasteiger partial charge is 0.473 e. The van der Waals surface area contributed by atoms with Crippen LogP contribution in [0, 0.1) is 0 Å². The van der Waals surface area contributed by atoms with Crippen molar-refractivity contribution >= 4 is 23.0 Å². The van der Waals surface area contributed by atoms with Crippen LogP contribution >= 0.6 is 0 Å². The lowest BCUT2D eigenvalue weighted by atomic mass is 10.1. The summed E-state index contributed by atoms with van der Waals surface area (Å²) in [7, 11) is 1.31. The van der Waals surface area contributed by atoms with E-state index < -0.39 is 17.7 Å². The van der Waals surface area contributed by atoms with Crippen LogP contribution in [0.15, 0.2) is 22.7 Å². The molecule has 1 aromatic carbocycles. The predicted molar refractivity (Wildman–Crippen MR) is 85.1 cm³/mol. The fraction of sp³-hybridized carbons (Fsp3) is 0.438. The van der Waals surface area contributed by atoms with Gasteiger partial charge < -0.3 is 24.1 Å². The van der Waals surface area contributed by atoms with Gasteiger partial charge in [0.1, 0.15) is 12.2 Å². The fourth-order valence-electron chi connectivity index (χ4n) is 1.88. The third-order valence-electron chi connectivity index (χ3n) is 2.87. The van der Waals surface area contributed by atoms with E-state index in [4.69, 9.17) is 14.0 Å². The van der Waals surface area contributed by atoms with Gasteiger partial charge in [-0.3, -0.25) is 0 Å². The van der Waals surface area contributed by atoms with Crippen LogP contribution in [0.2, 0.25) is 0 Å². The SMILES string of the molecule is COC(=O)c1ccc2onc(OCCNC(=O)OC(C)(C)C)c2c1. The first-order valence-corrected chi connectivity index (χ1v) is 7.37. The zero-order valence-corrected chi connectivity index (χ0v) is 14.0. The molecule has 130 valence electrons. The van der Waals surface area contributed by atoms with Gasteiger partial charge >= 0.3 is 12.1 Å². The van der Waals surface area contributed by atoms with Crippen molar-refractivity contribution in [3.63, 3.8) is 0 Å². The van der Waals surface area contributed by atoms with Crippen molar-refractivity contribution < 1.29 is 28.3 Å². The predicted octanol–water partition coefficient (Wildman–Crippen LogP) is 2.52. The van der Waals surface area contributed by atoms with E-state index in [1.807, 2.05) is 0 Å². The molecular formula is C16H20N2O6. The molecule has 0 atom stereocenters. The number of carbonyl (C=O) groups excluding carboxylic acids is 2. The van der Waals surface area contributed by atoms with Crippen LogP contribution in [-0.2, 0) is 9.47 Å². The number of fused-ring (bicyclic) bond motifs is 1. The molecule has 1 heterocycles. The Morgan fingerprint density at radius 3 is 2.71 bits per heavy atom. The highest BCUT2D eigenvalue weighted by atomic mass is 16.6. The summed E-state index contributed by atoms with van der Waals surface area (Å²) in [5.41, 5.74) is 0.292. The standard InChI is InChI=1S/C16H20N2O6/c1-16(2,3)23-15(20)17-7-8-22-13-11-9-10(14(19)21-4)5-6-12(11)24-18-13/h5-6,9H,7-8H2,1-4H3,(H,17,20). The van der Waals surface area contributed by atoms with Crippen molar-refractivity contribution in [2.45, 2.75) is 26.4 Å². The van der Waals surface area contributed by atoms with Crippen LogP contribution in [0.1, 0.15) is 31.1 Å². The first-order chi connectivity index (χ1) is 11.3. The van der Waals surface area contributed by atoms with Crippen molar-refractivity contribution in [2.24, 2.45) is 0 Å². The highest BCUT2D eigenvalue weighted by Gasteiger charge is 2.16. The molecule has 1 N–H and O–H groups in total.